The molecule has 1 N–H and O–H groups in total. The molecule has 0 aliphatic carbocycles. The Morgan fingerprint density at radius 1 is 0.966 bits per heavy atom. The maximum atomic E-state index is 13.1. The van der Waals surface area contributed by atoms with Crippen molar-refractivity contribution in [3.63, 3.8) is 0 Å². The third kappa shape index (κ3) is 4.08. The molecule has 1 aliphatic heterocycles. The van der Waals surface area contributed by atoms with E-state index < -0.39 is 0 Å². The molecule has 29 heavy (non-hydrogen) atoms. The summed E-state index contributed by atoms with van der Waals surface area (Å²) in [5, 5.41) is 3.15. The molecule has 0 spiro atoms. The molecule has 0 saturated carbocycles. The second-order valence-electron chi connectivity index (χ2n) is 6.97. The van der Waals surface area contributed by atoms with E-state index in [0.717, 1.165) is 48.2 Å². The van der Waals surface area contributed by atoms with Crippen molar-refractivity contribution in [3.05, 3.63) is 65.1 Å². The Balaban J connectivity index is 1.59. The van der Waals surface area contributed by atoms with E-state index in [9.17, 15) is 4.39 Å². The van der Waals surface area contributed by atoms with Gasteiger partial charge in [-0.1, -0.05) is 0 Å². The lowest BCUT2D eigenvalue weighted by Gasteiger charge is -2.30. The van der Waals surface area contributed by atoms with Crippen LogP contribution >= 0.6 is 0 Å². The number of anilines is 3. The van der Waals surface area contributed by atoms with Gasteiger partial charge in [-0.3, -0.25) is 0 Å². The number of nitrogens with one attached hydrogen (secondary N) is 1. The van der Waals surface area contributed by atoms with Gasteiger partial charge in [-0.15, -0.1) is 0 Å². The van der Waals surface area contributed by atoms with Gasteiger partial charge in [0.1, 0.15) is 11.6 Å². The van der Waals surface area contributed by atoms with Crippen molar-refractivity contribution in [2.45, 2.75) is 19.9 Å². The molecule has 0 atom stereocenters. The number of methoxy groups -OCH3 is 2. The van der Waals surface area contributed by atoms with Crippen LogP contribution < -0.4 is 19.7 Å². The largest absolute Gasteiger partial charge is 0.493 e. The summed E-state index contributed by atoms with van der Waals surface area (Å²) in [4.78, 5) is 11.4. The van der Waals surface area contributed by atoms with E-state index >= 15 is 0 Å². The zero-order valence-corrected chi connectivity index (χ0v) is 16.7. The maximum Gasteiger partial charge on any atom is 0.229 e. The van der Waals surface area contributed by atoms with E-state index in [0.29, 0.717) is 5.95 Å². The molecule has 0 unspecified atom stereocenters. The number of fused-ring (bicyclic) bond motifs is 1. The van der Waals surface area contributed by atoms with Crippen LogP contribution in [0.15, 0.2) is 42.5 Å². The standard InChI is InChI=1S/C22H23FN4O2/c1-14-10-21(26-22(24-14)25-18-6-4-17(23)5-7-18)27-9-8-15-11-19(28-2)20(29-3)12-16(15)13-27/h4-7,10-12H,8-9,13H2,1-3H3,(H,24,25,26). The van der Waals surface area contributed by atoms with Crippen molar-refractivity contribution in [1.29, 1.82) is 0 Å². The predicted molar refractivity (Wildman–Crippen MR) is 111 cm³/mol. The molecule has 1 aromatic heterocycles. The average molecular weight is 394 g/mol. The second-order valence-corrected chi connectivity index (χ2v) is 6.97. The molecule has 2 heterocycles. The van der Waals surface area contributed by atoms with Crippen LogP contribution in [0, 0.1) is 12.7 Å². The van der Waals surface area contributed by atoms with Gasteiger partial charge in [-0.05, 0) is 60.9 Å². The van der Waals surface area contributed by atoms with Gasteiger partial charge < -0.3 is 19.7 Å². The van der Waals surface area contributed by atoms with Crippen molar-refractivity contribution in [1.82, 2.24) is 9.97 Å². The van der Waals surface area contributed by atoms with E-state index in [-0.39, 0.29) is 5.82 Å². The highest BCUT2D eigenvalue weighted by Crippen LogP contribution is 2.34. The molecule has 0 bridgehead atoms. The Bertz CT molecular complexity index is 1020. The lowest BCUT2D eigenvalue weighted by atomic mass is 9.99. The minimum absolute atomic E-state index is 0.277. The summed E-state index contributed by atoms with van der Waals surface area (Å²) in [6.45, 7) is 3.50. The lowest BCUT2D eigenvalue weighted by Crippen LogP contribution is -2.31. The van der Waals surface area contributed by atoms with Gasteiger partial charge >= 0.3 is 0 Å². The number of hydrogen-bond acceptors (Lipinski definition) is 6. The third-order valence-corrected chi connectivity index (χ3v) is 4.98. The molecule has 7 heteroatoms. The molecule has 150 valence electrons. The van der Waals surface area contributed by atoms with Crippen molar-refractivity contribution >= 4 is 17.5 Å². The first-order chi connectivity index (χ1) is 14.1. The number of aryl methyl sites for hydroxylation is 1. The summed E-state index contributed by atoms with van der Waals surface area (Å²) in [6.07, 6.45) is 0.888. The molecule has 6 nitrogen and oxygen atoms in total. The number of halogens is 1. The molecule has 1 aliphatic rings. The highest BCUT2D eigenvalue weighted by Gasteiger charge is 2.21. The van der Waals surface area contributed by atoms with E-state index in [1.54, 1.807) is 26.4 Å². The quantitative estimate of drug-likeness (QED) is 0.698. The van der Waals surface area contributed by atoms with Gasteiger partial charge in [0.15, 0.2) is 11.5 Å². The van der Waals surface area contributed by atoms with Crippen molar-refractivity contribution in [2.24, 2.45) is 0 Å². The fraction of sp³-hybridized carbons (Fsp3) is 0.273. The molecular formula is C22H23FN4O2. The smallest absolute Gasteiger partial charge is 0.229 e. The first kappa shape index (κ1) is 19.0. The molecule has 0 fully saturated rings. The zero-order valence-electron chi connectivity index (χ0n) is 16.7. The van der Waals surface area contributed by atoms with Gasteiger partial charge in [0, 0.05) is 30.5 Å². The van der Waals surface area contributed by atoms with Crippen molar-refractivity contribution < 1.29 is 13.9 Å². The van der Waals surface area contributed by atoms with Gasteiger partial charge in [-0.2, -0.15) is 4.98 Å². The Labute approximate surface area is 169 Å². The Kier molecular flexibility index (Phi) is 5.20. The number of rotatable bonds is 5. The first-order valence-electron chi connectivity index (χ1n) is 9.42. The Hall–Kier alpha value is -3.35. The summed E-state index contributed by atoms with van der Waals surface area (Å²) in [7, 11) is 3.30. The fourth-order valence-electron chi connectivity index (χ4n) is 3.51. The zero-order chi connectivity index (χ0) is 20.4. The van der Waals surface area contributed by atoms with E-state index in [1.807, 2.05) is 19.1 Å². The molecule has 0 radical (unpaired) electrons. The van der Waals surface area contributed by atoms with E-state index in [2.05, 4.69) is 26.3 Å². The number of benzene rings is 2. The maximum absolute atomic E-state index is 13.1. The Morgan fingerprint density at radius 3 is 2.34 bits per heavy atom. The Morgan fingerprint density at radius 2 is 1.66 bits per heavy atom. The average Bonchev–Trinajstić information content (AvgIpc) is 2.73. The van der Waals surface area contributed by atoms with E-state index in [4.69, 9.17) is 9.47 Å². The third-order valence-electron chi connectivity index (χ3n) is 4.98. The number of aromatic nitrogens is 2. The fourth-order valence-corrected chi connectivity index (χ4v) is 3.51. The second kappa shape index (κ2) is 7.95. The summed E-state index contributed by atoms with van der Waals surface area (Å²) in [5.41, 5.74) is 4.05. The monoisotopic (exact) mass is 394 g/mol. The molecule has 0 amide bonds. The summed E-state index contributed by atoms with van der Waals surface area (Å²) in [5.74, 6) is 2.54. The van der Waals surface area contributed by atoms with Crippen LogP contribution in [0.3, 0.4) is 0 Å². The summed E-state index contributed by atoms with van der Waals surface area (Å²) >= 11 is 0. The first-order valence-corrected chi connectivity index (χ1v) is 9.42. The molecule has 3 aromatic rings. The molecule has 0 saturated heterocycles. The van der Waals surface area contributed by atoms with Crippen LogP contribution in [-0.2, 0) is 13.0 Å². The predicted octanol–water partition coefficient (Wildman–Crippen LogP) is 4.25. The highest BCUT2D eigenvalue weighted by atomic mass is 19.1. The van der Waals surface area contributed by atoms with Crippen LogP contribution in [0.1, 0.15) is 16.8 Å². The van der Waals surface area contributed by atoms with Gasteiger partial charge in [-0.25, -0.2) is 9.37 Å². The normalized spacial score (nSPS) is 13.0. The molecule has 2 aromatic carbocycles. The van der Waals surface area contributed by atoms with Crippen LogP contribution in [0.4, 0.5) is 21.8 Å². The molecular weight excluding hydrogens is 371 g/mol. The van der Waals surface area contributed by atoms with Gasteiger partial charge in [0.05, 0.1) is 14.2 Å². The molecule has 4 rings (SSSR count). The minimum atomic E-state index is -0.277. The number of nitrogens with zero attached hydrogens (tertiary/aromatic N) is 3. The minimum Gasteiger partial charge on any atom is -0.493 e. The topological polar surface area (TPSA) is 59.5 Å². The van der Waals surface area contributed by atoms with Crippen LogP contribution in [0.5, 0.6) is 11.5 Å². The number of hydrogen-bond donors (Lipinski definition) is 1. The van der Waals surface area contributed by atoms with Crippen molar-refractivity contribution in [2.75, 3.05) is 31.0 Å². The van der Waals surface area contributed by atoms with Crippen LogP contribution in [0.2, 0.25) is 0 Å². The van der Waals surface area contributed by atoms with Crippen LogP contribution in [-0.4, -0.2) is 30.7 Å². The van der Waals surface area contributed by atoms with Gasteiger partial charge in [0.2, 0.25) is 5.95 Å². The summed E-state index contributed by atoms with van der Waals surface area (Å²) < 4.78 is 24.0. The van der Waals surface area contributed by atoms with Crippen LogP contribution in [0.25, 0.3) is 0 Å². The van der Waals surface area contributed by atoms with Crippen molar-refractivity contribution in [3.8, 4) is 11.5 Å². The number of ether oxygens (including phenoxy) is 2. The SMILES string of the molecule is COc1cc2c(cc1OC)CN(c1cc(C)nc(Nc3ccc(F)cc3)n1)CC2. The highest BCUT2D eigenvalue weighted by molar-refractivity contribution is 5.57. The van der Waals surface area contributed by atoms with Gasteiger partial charge in [0.25, 0.3) is 0 Å². The lowest BCUT2D eigenvalue weighted by molar-refractivity contribution is 0.353. The summed E-state index contributed by atoms with van der Waals surface area (Å²) in [6, 6.07) is 12.2. The van der Waals surface area contributed by atoms with E-state index in [1.165, 1.54) is 23.3 Å².